The summed E-state index contributed by atoms with van der Waals surface area (Å²) < 4.78 is 0. The molecule has 0 spiro atoms. The van der Waals surface area contributed by atoms with Crippen LogP contribution in [0.3, 0.4) is 0 Å². The van der Waals surface area contributed by atoms with E-state index >= 15 is 0 Å². The molecule has 2 atom stereocenters. The summed E-state index contributed by atoms with van der Waals surface area (Å²) in [7, 11) is 3.93. The summed E-state index contributed by atoms with van der Waals surface area (Å²) in [5.41, 5.74) is 0. The van der Waals surface area contributed by atoms with E-state index in [9.17, 15) is 4.79 Å². The molecule has 2 unspecified atom stereocenters. The monoisotopic (exact) mass is 313 g/mol. The van der Waals surface area contributed by atoms with E-state index < -0.39 is 0 Å². The van der Waals surface area contributed by atoms with E-state index in [-0.39, 0.29) is 36.8 Å². The van der Waals surface area contributed by atoms with E-state index in [1.165, 1.54) is 12.8 Å². The lowest BCUT2D eigenvalue weighted by molar-refractivity contribution is -0.127. The molecule has 0 aliphatic carbocycles. The maximum absolute atomic E-state index is 12.1. The first-order chi connectivity index (χ1) is 8.02. The Kier molecular flexibility index (Phi) is 12.0. The van der Waals surface area contributed by atoms with Crippen LogP contribution in [0.5, 0.6) is 0 Å². The molecule has 0 radical (unpaired) electrons. The molecule has 1 rings (SSSR count). The van der Waals surface area contributed by atoms with Gasteiger partial charge in [0.1, 0.15) is 0 Å². The van der Waals surface area contributed by atoms with Gasteiger partial charge in [0.05, 0.1) is 6.04 Å². The molecule has 116 valence electrons. The van der Waals surface area contributed by atoms with Gasteiger partial charge in [-0.15, -0.1) is 24.8 Å². The molecular formula is C13H29Cl2N3O. The number of nitrogens with one attached hydrogen (secondary N) is 2. The summed E-state index contributed by atoms with van der Waals surface area (Å²) in [4.78, 5) is 14.1. The van der Waals surface area contributed by atoms with Crippen molar-refractivity contribution in [2.75, 3.05) is 33.7 Å². The second kappa shape index (κ2) is 10.7. The number of likely N-dealkylation sites (N-methyl/N-ethyl adjacent to an activating group) is 1. The largest absolute Gasteiger partial charge is 0.354 e. The number of nitrogens with zero attached hydrogens (tertiary/aromatic N) is 1. The predicted octanol–water partition coefficient (Wildman–Crippen LogP) is 1.53. The van der Waals surface area contributed by atoms with Crippen LogP contribution < -0.4 is 10.6 Å². The third-order valence-corrected chi connectivity index (χ3v) is 3.42. The Balaban J connectivity index is 0. The first-order valence-corrected chi connectivity index (χ1v) is 6.67. The van der Waals surface area contributed by atoms with Crippen molar-refractivity contribution >= 4 is 30.7 Å². The molecule has 0 aromatic carbocycles. The average Bonchev–Trinajstić information content (AvgIpc) is 2.27. The number of carbonyl (C=O) groups is 1. The van der Waals surface area contributed by atoms with Crippen LogP contribution in [-0.2, 0) is 4.79 Å². The number of amides is 1. The fraction of sp³-hybridized carbons (Fsp3) is 0.923. The lowest BCUT2D eigenvalue weighted by Gasteiger charge is -2.28. The number of piperidine rings is 1. The van der Waals surface area contributed by atoms with Gasteiger partial charge in [0.15, 0.2) is 0 Å². The number of carbonyl (C=O) groups excluding carboxylic acids is 1. The van der Waals surface area contributed by atoms with Gasteiger partial charge in [-0.2, -0.15) is 0 Å². The highest BCUT2D eigenvalue weighted by molar-refractivity contribution is 5.85. The predicted molar refractivity (Wildman–Crippen MR) is 85.4 cm³/mol. The van der Waals surface area contributed by atoms with Crippen LogP contribution in [-0.4, -0.2) is 50.6 Å². The zero-order valence-corrected chi connectivity index (χ0v) is 14.1. The van der Waals surface area contributed by atoms with Crippen LogP contribution in [0.1, 0.15) is 26.7 Å². The number of rotatable bonds is 5. The van der Waals surface area contributed by atoms with Gasteiger partial charge in [0, 0.05) is 6.54 Å². The van der Waals surface area contributed by atoms with E-state index in [4.69, 9.17) is 0 Å². The molecule has 6 heteroatoms. The van der Waals surface area contributed by atoms with Crippen molar-refractivity contribution in [2.24, 2.45) is 11.8 Å². The first kappa shape index (κ1) is 21.3. The maximum Gasteiger partial charge on any atom is 0.237 e. The highest BCUT2D eigenvalue weighted by atomic mass is 35.5. The van der Waals surface area contributed by atoms with E-state index in [1.807, 2.05) is 19.0 Å². The van der Waals surface area contributed by atoms with Crippen molar-refractivity contribution < 1.29 is 4.79 Å². The van der Waals surface area contributed by atoms with Crippen LogP contribution in [0.15, 0.2) is 0 Å². The summed E-state index contributed by atoms with van der Waals surface area (Å²) in [6, 6.07) is -0.0217. The van der Waals surface area contributed by atoms with Crippen LogP contribution in [0, 0.1) is 11.8 Å². The van der Waals surface area contributed by atoms with Crippen LogP contribution >= 0.6 is 24.8 Å². The maximum atomic E-state index is 12.1. The smallest absolute Gasteiger partial charge is 0.237 e. The van der Waals surface area contributed by atoms with Gasteiger partial charge < -0.3 is 10.6 Å². The highest BCUT2D eigenvalue weighted by Crippen LogP contribution is 2.10. The minimum Gasteiger partial charge on any atom is -0.354 e. The first-order valence-electron chi connectivity index (χ1n) is 6.67. The highest BCUT2D eigenvalue weighted by Gasteiger charge is 2.24. The lowest BCUT2D eigenvalue weighted by atomic mass is 9.98. The molecule has 4 nitrogen and oxygen atoms in total. The molecule has 0 bridgehead atoms. The molecule has 0 aromatic heterocycles. The van der Waals surface area contributed by atoms with Gasteiger partial charge >= 0.3 is 0 Å². The molecule has 1 heterocycles. The third-order valence-electron chi connectivity index (χ3n) is 3.42. The Morgan fingerprint density at radius 2 is 2.00 bits per heavy atom. The van der Waals surface area contributed by atoms with Crippen molar-refractivity contribution in [3.05, 3.63) is 0 Å². The standard InChI is InChI=1S/C13H27N3O.2ClH/c1-10(2)12(16(3)4)13(17)15-9-11-6-5-7-14-8-11;;/h10-12,14H,5-9H2,1-4H3,(H,15,17);2*1H. The van der Waals surface area contributed by atoms with E-state index in [1.54, 1.807) is 0 Å². The third kappa shape index (κ3) is 7.35. The summed E-state index contributed by atoms with van der Waals surface area (Å²) in [6.45, 7) is 7.15. The van der Waals surface area contributed by atoms with Crippen molar-refractivity contribution in [3.63, 3.8) is 0 Å². The number of halogens is 2. The SMILES string of the molecule is CC(C)C(C(=O)NCC1CCCNC1)N(C)C.Cl.Cl. The minimum atomic E-state index is -0.0217. The molecule has 1 fully saturated rings. The molecular weight excluding hydrogens is 285 g/mol. The Bertz CT molecular complexity index is 236. The second-order valence-electron chi connectivity index (χ2n) is 5.61. The van der Waals surface area contributed by atoms with Crippen molar-refractivity contribution in [3.8, 4) is 0 Å². The van der Waals surface area contributed by atoms with E-state index in [2.05, 4.69) is 24.5 Å². The fourth-order valence-electron chi connectivity index (χ4n) is 2.58. The zero-order valence-electron chi connectivity index (χ0n) is 12.4. The Morgan fingerprint density at radius 1 is 1.37 bits per heavy atom. The Morgan fingerprint density at radius 3 is 2.42 bits per heavy atom. The van der Waals surface area contributed by atoms with Crippen molar-refractivity contribution in [1.29, 1.82) is 0 Å². The fourth-order valence-corrected chi connectivity index (χ4v) is 2.58. The number of hydrogen-bond acceptors (Lipinski definition) is 3. The molecule has 2 N–H and O–H groups in total. The summed E-state index contributed by atoms with van der Waals surface area (Å²) in [6.07, 6.45) is 2.45. The van der Waals surface area contributed by atoms with Crippen molar-refractivity contribution in [2.45, 2.75) is 32.7 Å². The molecule has 1 amide bonds. The van der Waals surface area contributed by atoms with E-state index in [0.29, 0.717) is 11.8 Å². The number of hydrogen-bond donors (Lipinski definition) is 2. The van der Waals surface area contributed by atoms with E-state index in [0.717, 1.165) is 19.6 Å². The van der Waals surface area contributed by atoms with Gasteiger partial charge in [0.2, 0.25) is 5.91 Å². The van der Waals surface area contributed by atoms with Crippen LogP contribution in [0.2, 0.25) is 0 Å². The quantitative estimate of drug-likeness (QED) is 0.809. The summed E-state index contributed by atoms with van der Waals surface area (Å²) in [5, 5.41) is 6.47. The molecule has 0 saturated carbocycles. The molecule has 19 heavy (non-hydrogen) atoms. The topological polar surface area (TPSA) is 44.4 Å². The van der Waals surface area contributed by atoms with Crippen molar-refractivity contribution in [1.82, 2.24) is 15.5 Å². The van der Waals surface area contributed by atoms with Gasteiger partial charge in [0.25, 0.3) is 0 Å². The van der Waals surface area contributed by atoms with Crippen LogP contribution in [0.25, 0.3) is 0 Å². The molecule has 1 aliphatic rings. The second-order valence-corrected chi connectivity index (χ2v) is 5.61. The van der Waals surface area contributed by atoms with Crippen LogP contribution in [0.4, 0.5) is 0 Å². The zero-order chi connectivity index (χ0) is 12.8. The molecule has 0 aromatic rings. The lowest BCUT2D eigenvalue weighted by Crippen LogP contribution is -2.48. The Hall–Kier alpha value is -0.0300. The average molecular weight is 314 g/mol. The van der Waals surface area contributed by atoms with Gasteiger partial charge in [-0.05, 0) is 51.9 Å². The normalized spacial score (nSPS) is 20.4. The molecule has 1 saturated heterocycles. The molecule has 1 aliphatic heterocycles. The van der Waals surface area contributed by atoms with Gasteiger partial charge in [-0.3, -0.25) is 9.69 Å². The summed E-state index contributed by atoms with van der Waals surface area (Å²) in [5.74, 6) is 1.10. The Labute approximate surface area is 129 Å². The van der Waals surface area contributed by atoms with Gasteiger partial charge in [-0.25, -0.2) is 0 Å². The summed E-state index contributed by atoms with van der Waals surface area (Å²) >= 11 is 0. The van der Waals surface area contributed by atoms with Gasteiger partial charge in [-0.1, -0.05) is 13.8 Å². The minimum absolute atomic E-state index is 0.